The lowest BCUT2D eigenvalue weighted by Crippen LogP contribution is -2.32. The molecule has 126 valence electrons. The van der Waals surface area contributed by atoms with E-state index in [2.05, 4.69) is 19.3 Å². The third kappa shape index (κ3) is 5.25. The Labute approximate surface area is 133 Å². The van der Waals surface area contributed by atoms with Crippen molar-refractivity contribution in [2.24, 2.45) is 16.0 Å². The van der Waals surface area contributed by atoms with Gasteiger partial charge < -0.3 is 15.3 Å². The van der Waals surface area contributed by atoms with Crippen molar-refractivity contribution in [3.8, 4) is 0 Å². The van der Waals surface area contributed by atoms with Gasteiger partial charge in [0.05, 0.1) is 7.11 Å². The second-order valence-electron chi connectivity index (χ2n) is 4.17. The molecule has 9 nitrogen and oxygen atoms in total. The third-order valence-corrected chi connectivity index (χ3v) is 3.57. The Morgan fingerprint density at radius 2 is 1.83 bits per heavy atom. The lowest BCUT2D eigenvalue weighted by molar-refractivity contribution is -0.132. The molecule has 0 aliphatic heterocycles. The van der Waals surface area contributed by atoms with Crippen LogP contribution in [-0.2, 0) is 28.8 Å². The van der Waals surface area contributed by atoms with E-state index in [1.165, 1.54) is 12.1 Å². The Morgan fingerprint density at radius 1 is 1.22 bits per heavy atom. The highest BCUT2D eigenvalue weighted by atomic mass is 32.2. The number of hydrogen-bond donors (Lipinski definition) is 1. The number of aryl methyl sites for hydroxylation is 1. The first-order chi connectivity index (χ1) is 10.8. The maximum absolute atomic E-state index is 12.0. The van der Waals surface area contributed by atoms with Gasteiger partial charge in [0.15, 0.2) is 0 Å². The number of nitrogens with zero attached hydrogens (tertiary/aromatic N) is 2. The summed E-state index contributed by atoms with van der Waals surface area (Å²) in [4.78, 5) is 16.1. The Kier molecular flexibility index (Phi) is 6.51. The SMILES string of the molecule is CCON=C(C(=O)OC)C(N)=NOS(=O)(=O)c1ccc(C)cc1. The first kappa shape index (κ1) is 18.4. The van der Waals surface area contributed by atoms with Crippen molar-refractivity contribution in [3.05, 3.63) is 29.8 Å². The predicted molar refractivity (Wildman–Crippen MR) is 82.1 cm³/mol. The number of amidine groups is 1. The molecule has 0 saturated heterocycles. The fourth-order valence-electron chi connectivity index (χ4n) is 1.29. The summed E-state index contributed by atoms with van der Waals surface area (Å²) in [5.41, 5.74) is 5.87. The summed E-state index contributed by atoms with van der Waals surface area (Å²) >= 11 is 0. The summed E-state index contributed by atoms with van der Waals surface area (Å²) in [5.74, 6) is -1.54. The van der Waals surface area contributed by atoms with Gasteiger partial charge in [-0.3, -0.25) is 4.28 Å². The summed E-state index contributed by atoms with van der Waals surface area (Å²) in [7, 11) is -3.08. The molecule has 1 aromatic carbocycles. The zero-order chi connectivity index (χ0) is 17.5. The van der Waals surface area contributed by atoms with Gasteiger partial charge in [-0.05, 0) is 31.1 Å². The first-order valence-corrected chi connectivity index (χ1v) is 7.85. The topological polar surface area (TPSA) is 130 Å². The van der Waals surface area contributed by atoms with E-state index in [-0.39, 0.29) is 11.5 Å². The molecule has 2 N–H and O–H groups in total. The molecule has 23 heavy (non-hydrogen) atoms. The van der Waals surface area contributed by atoms with E-state index in [1.807, 2.05) is 0 Å². The van der Waals surface area contributed by atoms with Gasteiger partial charge in [0, 0.05) is 0 Å². The molecule has 0 aliphatic carbocycles. The smallest absolute Gasteiger partial charge is 0.364 e. The van der Waals surface area contributed by atoms with Crippen molar-refractivity contribution in [3.63, 3.8) is 0 Å². The second-order valence-corrected chi connectivity index (χ2v) is 5.70. The van der Waals surface area contributed by atoms with Crippen LogP contribution in [0.15, 0.2) is 39.5 Å². The van der Waals surface area contributed by atoms with Crippen molar-refractivity contribution in [2.75, 3.05) is 13.7 Å². The van der Waals surface area contributed by atoms with Crippen LogP contribution >= 0.6 is 0 Å². The summed E-state index contributed by atoms with van der Waals surface area (Å²) in [6.07, 6.45) is 0. The second kappa shape index (κ2) is 8.13. The Hall–Kier alpha value is -2.62. The number of carbonyl (C=O) groups is 1. The monoisotopic (exact) mass is 343 g/mol. The molecule has 0 aliphatic rings. The number of carbonyl (C=O) groups excluding carboxylic acids is 1. The summed E-state index contributed by atoms with van der Waals surface area (Å²) < 4.78 is 32.8. The molecular formula is C13H17N3O6S. The van der Waals surface area contributed by atoms with Crippen LogP contribution in [0.5, 0.6) is 0 Å². The maximum atomic E-state index is 12.0. The summed E-state index contributed by atoms with van der Waals surface area (Å²) in [6.45, 7) is 3.60. The highest BCUT2D eigenvalue weighted by Crippen LogP contribution is 2.13. The molecule has 1 rings (SSSR count). The summed E-state index contributed by atoms with van der Waals surface area (Å²) in [5, 5.41) is 6.62. The molecule has 0 atom stereocenters. The van der Waals surface area contributed by atoms with Gasteiger partial charge in [0.1, 0.15) is 11.5 Å². The van der Waals surface area contributed by atoms with E-state index < -0.39 is 27.6 Å². The standard InChI is InChI=1S/C13H17N3O6S/c1-4-21-15-11(13(17)20-3)12(14)16-22-23(18,19)10-7-5-9(2)6-8-10/h5-8H,4H2,1-3H3,(H2,14,16). The predicted octanol–water partition coefficient (Wildman–Crippen LogP) is 0.538. The number of esters is 1. The van der Waals surface area contributed by atoms with E-state index in [0.29, 0.717) is 0 Å². The number of hydrogen-bond acceptors (Lipinski definition) is 8. The zero-order valence-corrected chi connectivity index (χ0v) is 13.7. The lowest BCUT2D eigenvalue weighted by atomic mass is 10.2. The van der Waals surface area contributed by atoms with Crippen molar-refractivity contribution in [1.82, 2.24) is 0 Å². The average molecular weight is 343 g/mol. The highest BCUT2D eigenvalue weighted by Gasteiger charge is 2.21. The number of rotatable bonds is 7. The van der Waals surface area contributed by atoms with E-state index in [0.717, 1.165) is 12.7 Å². The Morgan fingerprint density at radius 3 is 2.35 bits per heavy atom. The summed E-state index contributed by atoms with van der Waals surface area (Å²) in [6, 6.07) is 5.90. The van der Waals surface area contributed by atoms with Gasteiger partial charge in [0.2, 0.25) is 11.5 Å². The Balaban J connectivity index is 3.00. The maximum Gasteiger partial charge on any atom is 0.364 e. The van der Waals surface area contributed by atoms with Crippen LogP contribution in [0.2, 0.25) is 0 Å². The van der Waals surface area contributed by atoms with Crippen LogP contribution in [0.4, 0.5) is 0 Å². The fourth-order valence-corrected chi connectivity index (χ4v) is 2.03. The van der Waals surface area contributed by atoms with Crippen molar-refractivity contribution >= 4 is 27.6 Å². The first-order valence-electron chi connectivity index (χ1n) is 6.44. The van der Waals surface area contributed by atoms with Gasteiger partial charge in [-0.15, -0.1) is 0 Å². The minimum atomic E-state index is -4.17. The molecule has 1 aromatic rings. The van der Waals surface area contributed by atoms with Crippen LogP contribution in [0.3, 0.4) is 0 Å². The lowest BCUT2D eigenvalue weighted by Gasteiger charge is -2.05. The molecule has 0 fully saturated rings. The van der Waals surface area contributed by atoms with Crippen LogP contribution < -0.4 is 5.73 Å². The number of benzene rings is 1. The third-order valence-electron chi connectivity index (χ3n) is 2.45. The quantitative estimate of drug-likeness (QED) is 0.331. The van der Waals surface area contributed by atoms with Gasteiger partial charge in [-0.2, -0.15) is 8.42 Å². The van der Waals surface area contributed by atoms with Crippen molar-refractivity contribution in [2.45, 2.75) is 18.7 Å². The van der Waals surface area contributed by atoms with E-state index >= 15 is 0 Å². The van der Waals surface area contributed by atoms with Crippen LogP contribution in [0, 0.1) is 6.92 Å². The molecule has 0 spiro atoms. The molecule has 10 heteroatoms. The molecular weight excluding hydrogens is 326 g/mol. The van der Waals surface area contributed by atoms with E-state index in [1.54, 1.807) is 26.0 Å². The van der Waals surface area contributed by atoms with Crippen molar-refractivity contribution < 1.29 is 27.1 Å². The molecule has 0 heterocycles. The number of ether oxygens (including phenoxy) is 1. The van der Waals surface area contributed by atoms with Gasteiger partial charge in [-0.1, -0.05) is 22.9 Å². The fraction of sp³-hybridized carbons (Fsp3) is 0.308. The molecule has 0 unspecified atom stereocenters. The van der Waals surface area contributed by atoms with E-state index in [4.69, 9.17) is 10.6 Å². The van der Waals surface area contributed by atoms with Crippen LogP contribution in [-0.4, -0.2) is 39.7 Å². The Bertz CT molecular complexity index is 710. The normalized spacial score (nSPS) is 12.7. The van der Waals surface area contributed by atoms with Crippen LogP contribution in [0.1, 0.15) is 12.5 Å². The zero-order valence-electron chi connectivity index (χ0n) is 12.8. The minimum absolute atomic E-state index is 0.110. The van der Waals surface area contributed by atoms with E-state index in [9.17, 15) is 13.2 Å². The molecule has 0 bridgehead atoms. The number of methoxy groups -OCH3 is 1. The number of oxime groups is 2. The average Bonchev–Trinajstić information content (AvgIpc) is 2.53. The number of nitrogens with two attached hydrogens (primary N) is 1. The molecule has 0 amide bonds. The highest BCUT2D eigenvalue weighted by molar-refractivity contribution is 7.86. The van der Waals surface area contributed by atoms with Gasteiger partial charge in [-0.25, -0.2) is 4.79 Å². The molecule has 0 saturated carbocycles. The largest absolute Gasteiger partial charge is 0.464 e. The minimum Gasteiger partial charge on any atom is -0.464 e. The molecule has 0 aromatic heterocycles. The van der Waals surface area contributed by atoms with Gasteiger partial charge in [0.25, 0.3) is 0 Å². The van der Waals surface area contributed by atoms with Crippen molar-refractivity contribution in [1.29, 1.82) is 0 Å². The molecule has 0 radical (unpaired) electrons. The van der Waals surface area contributed by atoms with Gasteiger partial charge >= 0.3 is 16.1 Å². The van der Waals surface area contributed by atoms with Crippen LogP contribution in [0.25, 0.3) is 0 Å².